The van der Waals surface area contributed by atoms with Crippen molar-refractivity contribution >= 4 is 11.9 Å². The molecule has 0 fully saturated rings. The molecule has 0 saturated heterocycles. The van der Waals surface area contributed by atoms with Crippen LogP contribution in [0.2, 0.25) is 0 Å². The van der Waals surface area contributed by atoms with Crippen LogP contribution in [0.1, 0.15) is 123 Å². The van der Waals surface area contributed by atoms with Crippen LogP contribution >= 0.6 is 0 Å². The number of aliphatic hydroxyl groups is 1. The molecule has 0 aromatic carbocycles. The van der Waals surface area contributed by atoms with Gasteiger partial charge in [-0.2, -0.15) is 0 Å². The Hall–Kier alpha value is -1.10. The molecule has 172 valence electrons. The smallest absolute Gasteiger partial charge is 0.306 e. The van der Waals surface area contributed by atoms with E-state index in [1.807, 2.05) is 0 Å². The van der Waals surface area contributed by atoms with E-state index in [9.17, 15) is 14.7 Å². The first-order chi connectivity index (χ1) is 14.1. The lowest BCUT2D eigenvalue weighted by Crippen LogP contribution is -2.28. The highest BCUT2D eigenvalue weighted by molar-refractivity contribution is 5.70. The zero-order valence-electron chi connectivity index (χ0n) is 19.1. The van der Waals surface area contributed by atoms with Crippen LogP contribution in [0.4, 0.5) is 0 Å². The molecule has 1 N–H and O–H groups in total. The summed E-state index contributed by atoms with van der Waals surface area (Å²) in [6, 6.07) is 0. The number of carbonyl (C=O) groups excluding carboxylic acids is 2. The van der Waals surface area contributed by atoms with Gasteiger partial charge < -0.3 is 14.6 Å². The van der Waals surface area contributed by atoms with Crippen molar-refractivity contribution in [1.29, 1.82) is 0 Å². The number of carbonyl (C=O) groups is 2. The zero-order chi connectivity index (χ0) is 21.6. The number of esters is 2. The Morgan fingerprint density at radius 1 is 0.655 bits per heavy atom. The van der Waals surface area contributed by atoms with Crippen LogP contribution in [-0.4, -0.2) is 36.4 Å². The fraction of sp³-hybridized carbons (Fsp3) is 0.917. The minimum absolute atomic E-state index is 0.0605. The second-order valence-corrected chi connectivity index (χ2v) is 8.07. The van der Waals surface area contributed by atoms with Gasteiger partial charge in [-0.05, 0) is 12.8 Å². The van der Waals surface area contributed by atoms with Gasteiger partial charge in [-0.15, -0.1) is 0 Å². The van der Waals surface area contributed by atoms with Crippen molar-refractivity contribution in [3.05, 3.63) is 0 Å². The van der Waals surface area contributed by atoms with E-state index < -0.39 is 6.10 Å². The molecule has 29 heavy (non-hydrogen) atoms. The lowest BCUT2D eigenvalue weighted by molar-refractivity contribution is -0.161. The second kappa shape index (κ2) is 21.6. The minimum atomic E-state index is -0.755. The maximum atomic E-state index is 11.8. The molecule has 0 rings (SSSR count). The molecule has 0 amide bonds. The molecule has 0 aliphatic rings. The third-order valence-electron chi connectivity index (χ3n) is 5.15. The molecular formula is C24H46O5. The number of unbranched alkanes of at least 4 members (excludes halogenated alkanes) is 13. The van der Waals surface area contributed by atoms with Gasteiger partial charge in [0.2, 0.25) is 0 Å². The molecule has 5 nitrogen and oxygen atoms in total. The van der Waals surface area contributed by atoms with E-state index in [4.69, 9.17) is 9.47 Å². The topological polar surface area (TPSA) is 72.8 Å². The normalized spacial score (nSPS) is 12.0. The van der Waals surface area contributed by atoms with Crippen LogP contribution in [0, 0.1) is 0 Å². The largest absolute Gasteiger partial charge is 0.462 e. The Kier molecular flexibility index (Phi) is 20.8. The molecule has 0 spiro atoms. The predicted octanol–water partition coefficient (Wildman–Crippen LogP) is 6.11. The van der Waals surface area contributed by atoms with Crippen LogP contribution in [0.3, 0.4) is 0 Å². The summed E-state index contributed by atoms with van der Waals surface area (Å²) < 4.78 is 10.4. The summed E-state index contributed by atoms with van der Waals surface area (Å²) in [6.45, 7) is 4.01. The van der Waals surface area contributed by atoms with Gasteiger partial charge >= 0.3 is 11.9 Å². The molecule has 0 radical (unpaired) electrons. The molecular weight excluding hydrogens is 368 g/mol. The first kappa shape index (κ1) is 27.9. The first-order valence-electron chi connectivity index (χ1n) is 12.1. The Bertz CT molecular complexity index is 383. The Morgan fingerprint density at radius 2 is 1.07 bits per heavy atom. The van der Waals surface area contributed by atoms with Crippen LogP contribution < -0.4 is 0 Å². The lowest BCUT2D eigenvalue weighted by atomic mass is 10.1. The maximum absolute atomic E-state index is 11.8. The number of aliphatic hydroxyl groups excluding tert-OH is 1. The number of hydrogen-bond acceptors (Lipinski definition) is 5. The molecule has 5 heteroatoms. The molecule has 0 bridgehead atoms. The summed E-state index contributed by atoms with van der Waals surface area (Å²) in [6.07, 6.45) is 17.4. The van der Waals surface area contributed by atoms with Crippen molar-refractivity contribution in [2.45, 2.75) is 129 Å². The number of rotatable bonds is 21. The van der Waals surface area contributed by atoms with Gasteiger partial charge in [-0.3, -0.25) is 9.59 Å². The third kappa shape index (κ3) is 20.0. The molecule has 1 atom stereocenters. The van der Waals surface area contributed by atoms with Crippen molar-refractivity contribution < 1.29 is 24.2 Å². The molecule has 0 saturated carbocycles. The maximum Gasteiger partial charge on any atom is 0.306 e. The van der Waals surface area contributed by atoms with Crippen LogP contribution in [0.5, 0.6) is 0 Å². The third-order valence-corrected chi connectivity index (χ3v) is 5.15. The molecule has 0 unspecified atom stereocenters. The van der Waals surface area contributed by atoms with Gasteiger partial charge in [-0.1, -0.05) is 97.3 Å². The fourth-order valence-electron chi connectivity index (χ4n) is 3.26. The Labute approximate surface area is 178 Å². The van der Waals surface area contributed by atoms with Gasteiger partial charge in [-0.25, -0.2) is 0 Å². The number of ether oxygens (including phenoxy) is 2. The monoisotopic (exact) mass is 414 g/mol. The van der Waals surface area contributed by atoms with E-state index in [1.54, 1.807) is 0 Å². The van der Waals surface area contributed by atoms with E-state index >= 15 is 0 Å². The molecule has 0 aromatic heterocycles. The molecule has 0 aromatic rings. The number of hydrogen-bond donors (Lipinski definition) is 1. The quantitative estimate of drug-likeness (QED) is 0.181. The van der Waals surface area contributed by atoms with Crippen LogP contribution in [-0.2, 0) is 19.1 Å². The van der Waals surface area contributed by atoms with Crippen molar-refractivity contribution in [2.75, 3.05) is 13.2 Å². The van der Waals surface area contributed by atoms with E-state index in [0.717, 1.165) is 38.5 Å². The van der Waals surface area contributed by atoms with Gasteiger partial charge in [0.15, 0.2) is 6.10 Å². The standard InChI is InChI=1S/C24H46O5/c1-3-5-7-9-11-12-13-15-16-18-23(26)28-21-22(20-25)29-24(27)19-17-14-10-8-6-4-2/h22,25H,3-21H2,1-2H3/t22-/m0/s1. The van der Waals surface area contributed by atoms with E-state index in [-0.39, 0.29) is 25.2 Å². The van der Waals surface area contributed by atoms with Gasteiger partial charge in [0.05, 0.1) is 6.61 Å². The summed E-state index contributed by atoms with van der Waals surface area (Å²) in [5, 5.41) is 9.34. The van der Waals surface area contributed by atoms with E-state index in [0.29, 0.717) is 12.8 Å². The summed E-state index contributed by atoms with van der Waals surface area (Å²) in [5.41, 5.74) is 0. The highest BCUT2D eigenvalue weighted by Crippen LogP contribution is 2.11. The van der Waals surface area contributed by atoms with Gasteiger partial charge in [0.1, 0.15) is 6.61 Å². The predicted molar refractivity (Wildman–Crippen MR) is 118 cm³/mol. The van der Waals surface area contributed by atoms with Crippen molar-refractivity contribution in [1.82, 2.24) is 0 Å². The average Bonchev–Trinajstić information content (AvgIpc) is 2.72. The summed E-state index contributed by atoms with van der Waals surface area (Å²) >= 11 is 0. The van der Waals surface area contributed by atoms with Crippen molar-refractivity contribution in [2.24, 2.45) is 0 Å². The molecule has 0 aliphatic carbocycles. The van der Waals surface area contributed by atoms with Crippen LogP contribution in [0.25, 0.3) is 0 Å². The van der Waals surface area contributed by atoms with Crippen LogP contribution in [0.15, 0.2) is 0 Å². The van der Waals surface area contributed by atoms with Gasteiger partial charge in [0.25, 0.3) is 0 Å². The first-order valence-corrected chi connectivity index (χ1v) is 12.1. The summed E-state index contributed by atoms with van der Waals surface area (Å²) in [7, 11) is 0. The Morgan fingerprint density at radius 3 is 1.52 bits per heavy atom. The van der Waals surface area contributed by atoms with E-state index in [2.05, 4.69) is 13.8 Å². The SMILES string of the molecule is CCCCCCCCCCCC(=O)OC[C@H](CO)OC(=O)CCCCCCCC. The van der Waals surface area contributed by atoms with Crippen molar-refractivity contribution in [3.63, 3.8) is 0 Å². The summed E-state index contributed by atoms with van der Waals surface area (Å²) in [5.74, 6) is -0.604. The minimum Gasteiger partial charge on any atom is -0.462 e. The van der Waals surface area contributed by atoms with Gasteiger partial charge in [0, 0.05) is 12.8 Å². The highest BCUT2D eigenvalue weighted by Gasteiger charge is 2.16. The second-order valence-electron chi connectivity index (χ2n) is 8.07. The van der Waals surface area contributed by atoms with Crippen molar-refractivity contribution in [3.8, 4) is 0 Å². The summed E-state index contributed by atoms with van der Waals surface area (Å²) in [4.78, 5) is 23.6. The average molecular weight is 415 g/mol. The fourth-order valence-corrected chi connectivity index (χ4v) is 3.26. The highest BCUT2D eigenvalue weighted by atomic mass is 16.6. The molecule has 0 heterocycles. The lowest BCUT2D eigenvalue weighted by Gasteiger charge is -2.15. The molecule has 0 aliphatic heterocycles. The Balaban J connectivity index is 3.63. The van der Waals surface area contributed by atoms with E-state index in [1.165, 1.54) is 57.8 Å². The zero-order valence-corrected chi connectivity index (χ0v) is 19.1.